The van der Waals surface area contributed by atoms with E-state index < -0.39 is 23.7 Å². The number of thiocarbonyl (C=S) groups is 1. The van der Waals surface area contributed by atoms with E-state index in [1.54, 1.807) is 24.3 Å². The Morgan fingerprint density at radius 2 is 1.96 bits per heavy atom. The van der Waals surface area contributed by atoms with Crippen LogP contribution in [0.2, 0.25) is 5.02 Å². The predicted molar refractivity (Wildman–Crippen MR) is 108 cm³/mol. The average Bonchev–Trinajstić information content (AvgIpc) is 2.90. The maximum atomic E-state index is 14.0. The van der Waals surface area contributed by atoms with Gasteiger partial charge in [-0.25, -0.2) is 9.18 Å². The van der Waals surface area contributed by atoms with E-state index >= 15 is 0 Å². The van der Waals surface area contributed by atoms with E-state index in [0.717, 1.165) is 22.2 Å². The lowest BCUT2D eigenvalue weighted by molar-refractivity contribution is -0.145. The molecule has 0 bridgehead atoms. The van der Waals surface area contributed by atoms with Crippen LogP contribution in [0.25, 0.3) is 6.08 Å². The maximum absolute atomic E-state index is 14.0. The van der Waals surface area contributed by atoms with E-state index in [2.05, 4.69) is 0 Å². The van der Waals surface area contributed by atoms with Gasteiger partial charge in [-0.2, -0.15) is 0 Å². The molecule has 0 saturated carbocycles. The molecule has 1 amide bonds. The molecule has 138 valence electrons. The van der Waals surface area contributed by atoms with Crippen LogP contribution in [0.5, 0.6) is 0 Å². The molecule has 4 nitrogen and oxygen atoms in total. The van der Waals surface area contributed by atoms with Gasteiger partial charge in [0.05, 0.1) is 9.93 Å². The lowest BCUT2D eigenvalue weighted by Gasteiger charge is -2.23. The van der Waals surface area contributed by atoms with Gasteiger partial charge < -0.3 is 5.11 Å². The maximum Gasteiger partial charge on any atom is 0.327 e. The molecule has 1 aliphatic rings. The molecule has 27 heavy (non-hydrogen) atoms. The summed E-state index contributed by atoms with van der Waals surface area (Å²) in [5.74, 6) is -2.32. The first-order chi connectivity index (χ1) is 12.9. The Bertz CT molecular complexity index is 929. The van der Waals surface area contributed by atoms with Crippen LogP contribution in [0, 0.1) is 5.82 Å². The smallest absolute Gasteiger partial charge is 0.327 e. The van der Waals surface area contributed by atoms with Gasteiger partial charge in [0.25, 0.3) is 5.91 Å². The minimum atomic E-state index is -1.17. The minimum Gasteiger partial charge on any atom is -0.480 e. The summed E-state index contributed by atoms with van der Waals surface area (Å²) in [6.45, 7) is 0. The molecule has 2 aromatic rings. The monoisotopic (exact) mass is 421 g/mol. The Morgan fingerprint density at radius 1 is 1.26 bits per heavy atom. The largest absolute Gasteiger partial charge is 0.480 e. The van der Waals surface area contributed by atoms with Crippen LogP contribution in [-0.4, -0.2) is 32.2 Å². The third kappa shape index (κ3) is 4.21. The zero-order chi connectivity index (χ0) is 19.6. The molecular formula is C19H13ClFNO3S2. The highest BCUT2D eigenvalue weighted by molar-refractivity contribution is 8.26. The first-order valence-corrected chi connectivity index (χ1v) is 9.46. The van der Waals surface area contributed by atoms with Gasteiger partial charge in [-0.3, -0.25) is 9.69 Å². The Morgan fingerprint density at radius 3 is 2.59 bits per heavy atom. The Balaban J connectivity index is 1.92. The molecule has 1 aliphatic heterocycles. The Labute approximate surface area is 169 Å². The highest BCUT2D eigenvalue weighted by Gasteiger charge is 2.40. The molecular weight excluding hydrogens is 409 g/mol. The summed E-state index contributed by atoms with van der Waals surface area (Å²) in [5.41, 5.74) is 0.828. The fraction of sp³-hybridized carbons (Fsp3) is 0.105. The van der Waals surface area contributed by atoms with E-state index in [-0.39, 0.29) is 26.2 Å². The number of carbonyl (C=O) groups is 2. The molecule has 0 radical (unpaired) electrons. The third-order valence-electron chi connectivity index (χ3n) is 3.97. The van der Waals surface area contributed by atoms with Crippen molar-refractivity contribution in [1.29, 1.82) is 0 Å². The second-order valence-corrected chi connectivity index (χ2v) is 7.81. The first-order valence-electron chi connectivity index (χ1n) is 7.86. The third-order valence-corrected chi connectivity index (χ3v) is 5.63. The predicted octanol–water partition coefficient (Wildman–Crippen LogP) is 4.38. The Hall–Kier alpha value is -2.22. The second-order valence-electron chi connectivity index (χ2n) is 5.73. The summed E-state index contributed by atoms with van der Waals surface area (Å²) in [5, 5.41) is 9.78. The number of carboxylic acid groups (broad SMARTS) is 1. The molecule has 1 fully saturated rings. The molecule has 0 spiro atoms. The zero-order valence-electron chi connectivity index (χ0n) is 13.8. The van der Waals surface area contributed by atoms with Gasteiger partial charge in [0.1, 0.15) is 16.2 Å². The van der Waals surface area contributed by atoms with E-state index in [1.807, 2.05) is 6.07 Å². The van der Waals surface area contributed by atoms with Crippen molar-refractivity contribution >= 4 is 57.9 Å². The van der Waals surface area contributed by atoms with Crippen molar-refractivity contribution in [2.45, 2.75) is 12.5 Å². The number of rotatable bonds is 5. The van der Waals surface area contributed by atoms with E-state index in [4.69, 9.17) is 23.8 Å². The summed E-state index contributed by atoms with van der Waals surface area (Å²) >= 11 is 12.2. The fourth-order valence-electron chi connectivity index (χ4n) is 2.65. The number of halogens is 2. The summed E-state index contributed by atoms with van der Waals surface area (Å²) < 4.78 is 14.1. The normalized spacial score (nSPS) is 16.8. The topological polar surface area (TPSA) is 57.6 Å². The number of aliphatic carboxylic acids is 1. The van der Waals surface area contributed by atoms with E-state index in [1.165, 1.54) is 24.3 Å². The molecule has 0 aliphatic carbocycles. The number of benzene rings is 2. The summed E-state index contributed by atoms with van der Waals surface area (Å²) in [7, 11) is 0. The quantitative estimate of drug-likeness (QED) is 0.573. The van der Waals surface area contributed by atoms with Gasteiger partial charge in [-0.15, -0.1) is 0 Å². The SMILES string of the molecule is O=C(O)C(Cc1ccccc1)N1C(=O)C(=Cc2c(F)cccc2Cl)SC1=S. The van der Waals surface area contributed by atoms with Gasteiger partial charge in [0, 0.05) is 12.0 Å². The molecule has 1 unspecified atom stereocenters. The summed E-state index contributed by atoms with van der Waals surface area (Å²) in [6.07, 6.45) is 1.41. The van der Waals surface area contributed by atoms with Gasteiger partial charge in [0.15, 0.2) is 0 Å². The molecule has 1 saturated heterocycles. The van der Waals surface area contributed by atoms with Crippen molar-refractivity contribution < 1.29 is 19.1 Å². The molecule has 0 aromatic heterocycles. The second kappa shape index (κ2) is 8.21. The summed E-state index contributed by atoms with van der Waals surface area (Å²) in [4.78, 5) is 25.8. The summed E-state index contributed by atoms with van der Waals surface area (Å²) in [6, 6.07) is 12.0. The van der Waals surface area contributed by atoms with E-state index in [0.29, 0.717) is 0 Å². The molecule has 1 atom stereocenters. The van der Waals surface area contributed by atoms with Crippen molar-refractivity contribution in [3.05, 3.63) is 75.4 Å². The van der Waals surface area contributed by atoms with Crippen LogP contribution in [0.1, 0.15) is 11.1 Å². The number of hydrogen-bond acceptors (Lipinski definition) is 4. The van der Waals surface area contributed by atoms with Crippen LogP contribution in [-0.2, 0) is 16.0 Å². The van der Waals surface area contributed by atoms with Crippen LogP contribution < -0.4 is 0 Å². The number of carboxylic acids is 1. The lowest BCUT2D eigenvalue weighted by Crippen LogP contribution is -2.45. The highest BCUT2D eigenvalue weighted by atomic mass is 35.5. The van der Waals surface area contributed by atoms with Crippen molar-refractivity contribution in [3.8, 4) is 0 Å². The standard InChI is InChI=1S/C19H13ClFNO3S2/c20-13-7-4-8-14(21)12(13)10-16-17(23)22(19(26)27-16)15(18(24)25)9-11-5-2-1-3-6-11/h1-8,10,15H,9H2,(H,24,25). The van der Waals surface area contributed by atoms with Crippen LogP contribution in [0.3, 0.4) is 0 Å². The van der Waals surface area contributed by atoms with Gasteiger partial charge in [0.2, 0.25) is 0 Å². The van der Waals surface area contributed by atoms with Gasteiger partial charge in [-0.05, 0) is 23.8 Å². The number of carbonyl (C=O) groups excluding carboxylic acids is 1. The zero-order valence-corrected chi connectivity index (χ0v) is 16.2. The molecule has 1 N–H and O–H groups in total. The minimum absolute atomic E-state index is 0.0644. The number of amides is 1. The highest BCUT2D eigenvalue weighted by Crippen LogP contribution is 2.36. The van der Waals surface area contributed by atoms with Crippen LogP contribution in [0.15, 0.2) is 53.4 Å². The van der Waals surface area contributed by atoms with Crippen molar-refractivity contribution in [1.82, 2.24) is 4.90 Å². The first kappa shape index (κ1) is 19.5. The Kier molecular flexibility index (Phi) is 5.94. The van der Waals surface area contributed by atoms with Gasteiger partial charge >= 0.3 is 5.97 Å². The number of hydrogen-bond donors (Lipinski definition) is 1. The fourth-order valence-corrected chi connectivity index (χ4v) is 4.21. The average molecular weight is 422 g/mol. The van der Waals surface area contributed by atoms with Crippen molar-refractivity contribution in [2.24, 2.45) is 0 Å². The molecule has 1 heterocycles. The van der Waals surface area contributed by atoms with Crippen molar-refractivity contribution in [3.63, 3.8) is 0 Å². The van der Waals surface area contributed by atoms with Gasteiger partial charge in [-0.1, -0.05) is 72.0 Å². The lowest BCUT2D eigenvalue weighted by atomic mass is 10.0. The van der Waals surface area contributed by atoms with Crippen molar-refractivity contribution in [2.75, 3.05) is 0 Å². The molecule has 3 rings (SSSR count). The van der Waals surface area contributed by atoms with E-state index in [9.17, 15) is 19.1 Å². The molecule has 2 aromatic carbocycles. The van der Waals surface area contributed by atoms with Crippen LogP contribution in [0.4, 0.5) is 4.39 Å². The van der Waals surface area contributed by atoms with Crippen LogP contribution >= 0.6 is 35.6 Å². The molecule has 8 heteroatoms. The number of thioether (sulfide) groups is 1. The number of nitrogens with zero attached hydrogens (tertiary/aromatic N) is 1.